The molecule has 12 aromatic carbocycles. The molecule has 0 aromatic heterocycles. The highest BCUT2D eigenvalue weighted by Gasteiger charge is 2.17. The Morgan fingerprint density at radius 1 is 0.122 bits per heavy atom. The first-order valence-corrected chi connectivity index (χ1v) is 25.3. The van der Waals surface area contributed by atoms with Gasteiger partial charge in [-0.15, -0.1) is 0 Å². The summed E-state index contributed by atoms with van der Waals surface area (Å²) in [6.45, 7) is 0. The molecule has 0 heterocycles. The molecule has 0 aliphatic heterocycles. The average molecular weight is 945 g/mol. The van der Waals surface area contributed by atoms with Gasteiger partial charge in [0.2, 0.25) is 0 Å². The fourth-order valence-electron chi connectivity index (χ4n) is 9.99. The molecule has 2 nitrogen and oxygen atoms in total. The molecule has 2 heteroatoms. The van der Waals surface area contributed by atoms with Gasteiger partial charge in [0, 0.05) is 34.1 Å². The normalized spacial score (nSPS) is 11.0. The maximum absolute atomic E-state index is 2.35. The third kappa shape index (κ3) is 9.81. The van der Waals surface area contributed by atoms with Gasteiger partial charge in [-0.25, -0.2) is 0 Å². The summed E-state index contributed by atoms with van der Waals surface area (Å²) in [7, 11) is 0. The molecule has 12 aromatic rings. The Bertz CT molecular complexity index is 3660. The van der Waals surface area contributed by atoms with Gasteiger partial charge in [-0.3, -0.25) is 0 Å². The van der Waals surface area contributed by atoms with Gasteiger partial charge in [-0.2, -0.15) is 0 Å². The summed E-state index contributed by atoms with van der Waals surface area (Å²) >= 11 is 0. The second-order valence-corrected chi connectivity index (χ2v) is 18.6. The summed E-state index contributed by atoms with van der Waals surface area (Å²) in [6, 6.07) is 113. The molecular weight excluding hydrogens is 893 g/mol. The minimum absolute atomic E-state index is 1.08. The topological polar surface area (TPSA) is 6.48 Å². The number of benzene rings is 12. The van der Waals surface area contributed by atoms with Crippen molar-refractivity contribution in [3.63, 3.8) is 0 Å². The smallest absolute Gasteiger partial charge is 0.0462 e. The lowest BCUT2D eigenvalue weighted by molar-refractivity contribution is 1.28. The Kier molecular flexibility index (Phi) is 12.8. The van der Waals surface area contributed by atoms with Crippen molar-refractivity contribution in [1.82, 2.24) is 0 Å². The Hall–Kier alpha value is -9.76. The van der Waals surface area contributed by atoms with Gasteiger partial charge in [0.1, 0.15) is 0 Å². The van der Waals surface area contributed by atoms with Crippen molar-refractivity contribution in [2.45, 2.75) is 0 Å². The summed E-state index contributed by atoms with van der Waals surface area (Å²) < 4.78 is 0. The molecule has 0 amide bonds. The molecule has 0 unspecified atom stereocenters. The van der Waals surface area contributed by atoms with Crippen molar-refractivity contribution in [3.8, 4) is 77.9 Å². The maximum Gasteiger partial charge on any atom is 0.0462 e. The van der Waals surface area contributed by atoms with Crippen LogP contribution in [-0.4, -0.2) is 0 Å². The summed E-state index contributed by atoms with van der Waals surface area (Å²) in [5.74, 6) is 0. The van der Waals surface area contributed by atoms with Crippen LogP contribution >= 0.6 is 0 Å². The highest BCUT2D eigenvalue weighted by Crippen LogP contribution is 2.41. The van der Waals surface area contributed by atoms with E-state index in [-0.39, 0.29) is 0 Å². The summed E-state index contributed by atoms with van der Waals surface area (Å²) in [5, 5.41) is 0. The molecule has 0 saturated heterocycles. The van der Waals surface area contributed by atoms with Crippen LogP contribution in [0.25, 0.3) is 77.9 Å². The standard InChI is InChI=1S/C72H52N2/c1-5-15-53(16-6-1)57-27-39-67(40-28-57)73(68-41-29-58(30-42-68)54-17-7-2-8-18-54)70-45-33-60(34-46-70)61-35-47-71(48-36-61)74(69-43-31-59(32-44-69)55-19-9-3-10-20-55)72-49-37-62(38-50-72)64-24-14-26-66(52-64)65-25-13-23-63(51-65)56-21-11-4-12-22-56/h1-52H. The quantitative estimate of drug-likeness (QED) is 0.114. The first-order valence-electron chi connectivity index (χ1n) is 25.3. The Morgan fingerprint density at radius 3 is 0.486 bits per heavy atom. The fourth-order valence-corrected chi connectivity index (χ4v) is 9.99. The van der Waals surface area contributed by atoms with Gasteiger partial charge in [0.05, 0.1) is 0 Å². The van der Waals surface area contributed by atoms with Crippen LogP contribution in [0, 0.1) is 0 Å². The van der Waals surface area contributed by atoms with E-state index in [1.54, 1.807) is 0 Å². The van der Waals surface area contributed by atoms with Gasteiger partial charge in [0.25, 0.3) is 0 Å². The van der Waals surface area contributed by atoms with E-state index in [9.17, 15) is 0 Å². The van der Waals surface area contributed by atoms with Crippen molar-refractivity contribution in [2.75, 3.05) is 9.80 Å². The van der Waals surface area contributed by atoms with Crippen molar-refractivity contribution < 1.29 is 0 Å². The number of nitrogens with zero attached hydrogens (tertiary/aromatic N) is 2. The van der Waals surface area contributed by atoms with Crippen LogP contribution in [0.5, 0.6) is 0 Å². The van der Waals surface area contributed by atoms with E-state index in [2.05, 4.69) is 325 Å². The van der Waals surface area contributed by atoms with Gasteiger partial charge in [-0.1, -0.05) is 231 Å². The second-order valence-electron chi connectivity index (χ2n) is 18.6. The molecule has 0 radical (unpaired) electrons. The summed E-state index contributed by atoms with van der Waals surface area (Å²) in [5.41, 5.74) is 23.2. The van der Waals surface area contributed by atoms with Crippen LogP contribution in [0.1, 0.15) is 0 Å². The highest BCUT2D eigenvalue weighted by molar-refractivity contribution is 5.84. The van der Waals surface area contributed by atoms with Crippen LogP contribution in [0.15, 0.2) is 315 Å². The van der Waals surface area contributed by atoms with Crippen LogP contribution in [0.2, 0.25) is 0 Å². The predicted octanol–water partition coefficient (Wildman–Crippen LogP) is 20.3. The molecule has 0 atom stereocenters. The Balaban J connectivity index is 0.842. The molecule has 0 aliphatic carbocycles. The number of anilines is 6. The zero-order chi connectivity index (χ0) is 49.5. The SMILES string of the molecule is c1ccc(-c2ccc(N(c3ccc(-c4ccccc4)cc3)c3ccc(-c4ccc(N(c5ccc(-c6ccccc6)cc5)c5ccc(-c6cccc(-c7cccc(-c8ccccc8)c7)c6)cc5)cc4)cc3)cc2)cc1. The van der Waals surface area contributed by atoms with Crippen molar-refractivity contribution in [2.24, 2.45) is 0 Å². The van der Waals surface area contributed by atoms with E-state index in [4.69, 9.17) is 0 Å². The van der Waals surface area contributed by atoms with E-state index in [1.165, 1.54) is 66.8 Å². The van der Waals surface area contributed by atoms with E-state index in [0.29, 0.717) is 0 Å². The Labute approximate surface area is 435 Å². The molecule has 0 N–H and O–H groups in total. The van der Waals surface area contributed by atoms with Gasteiger partial charge in [-0.05, 0) is 163 Å². The minimum atomic E-state index is 1.08. The lowest BCUT2D eigenvalue weighted by Crippen LogP contribution is -2.10. The Morgan fingerprint density at radius 2 is 0.270 bits per heavy atom. The highest BCUT2D eigenvalue weighted by atomic mass is 15.1. The van der Waals surface area contributed by atoms with Crippen LogP contribution in [0.4, 0.5) is 34.1 Å². The van der Waals surface area contributed by atoms with Gasteiger partial charge >= 0.3 is 0 Å². The fraction of sp³-hybridized carbons (Fsp3) is 0. The predicted molar refractivity (Wildman–Crippen MR) is 314 cm³/mol. The van der Waals surface area contributed by atoms with Crippen molar-refractivity contribution in [1.29, 1.82) is 0 Å². The largest absolute Gasteiger partial charge is 0.311 e. The molecule has 0 fully saturated rings. The summed E-state index contributed by atoms with van der Waals surface area (Å²) in [6.07, 6.45) is 0. The zero-order valence-corrected chi connectivity index (χ0v) is 40.9. The molecule has 350 valence electrons. The number of rotatable bonds is 13. The van der Waals surface area contributed by atoms with E-state index in [0.717, 1.165) is 45.3 Å². The molecule has 0 spiro atoms. The van der Waals surface area contributed by atoms with E-state index < -0.39 is 0 Å². The lowest BCUT2D eigenvalue weighted by Gasteiger charge is -2.27. The average Bonchev–Trinajstić information content (AvgIpc) is 3.49. The minimum Gasteiger partial charge on any atom is -0.311 e. The summed E-state index contributed by atoms with van der Waals surface area (Å²) in [4.78, 5) is 4.69. The molecule has 0 bridgehead atoms. The van der Waals surface area contributed by atoms with Gasteiger partial charge < -0.3 is 9.80 Å². The molecule has 0 aliphatic rings. The zero-order valence-electron chi connectivity index (χ0n) is 40.9. The first-order chi connectivity index (χ1) is 36.7. The monoisotopic (exact) mass is 944 g/mol. The molecular formula is C72H52N2. The first kappa shape index (κ1) is 45.4. The molecule has 74 heavy (non-hydrogen) atoms. The third-order valence-electron chi connectivity index (χ3n) is 13.9. The maximum atomic E-state index is 2.35. The van der Waals surface area contributed by atoms with Crippen molar-refractivity contribution in [3.05, 3.63) is 315 Å². The van der Waals surface area contributed by atoms with E-state index >= 15 is 0 Å². The van der Waals surface area contributed by atoms with Crippen LogP contribution < -0.4 is 9.80 Å². The number of hydrogen-bond acceptors (Lipinski definition) is 2. The van der Waals surface area contributed by atoms with Crippen LogP contribution in [0.3, 0.4) is 0 Å². The van der Waals surface area contributed by atoms with Crippen LogP contribution in [-0.2, 0) is 0 Å². The van der Waals surface area contributed by atoms with E-state index in [1.807, 2.05) is 0 Å². The van der Waals surface area contributed by atoms with Crippen molar-refractivity contribution >= 4 is 34.1 Å². The third-order valence-corrected chi connectivity index (χ3v) is 13.9. The molecule has 0 saturated carbocycles. The lowest BCUT2D eigenvalue weighted by atomic mass is 9.96. The number of hydrogen-bond donors (Lipinski definition) is 0. The van der Waals surface area contributed by atoms with Gasteiger partial charge in [0.15, 0.2) is 0 Å². The molecule has 12 rings (SSSR count). The second kappa shape index (κ2) is 20.9.